The highest BCUT2D eigenvalue weighted by atomic mass is 16.5. The number of amides is 3. The minimum absolute atomic E-state index is 0.00414. The molecule has 3 heterocycles. The lowest BCUT2D eigenvalue weighted by Crippen LogP contribution is -2.40. The SMILES string of the molecule is CCN(c1cc(-c2ccc(CN3CCOCC3=O)cc2)cc(C(=O)NCC2C(=O)N=C(C)C=C2C)c1C)C1CCOCC1. The van der Waals surface area contributed by atoms with Crippen LogP contribution in [-0.4, -0.2) is 80.4 Å². The summed E-state index contributed by atoms with van der Waals surface area (Å²) in [5, 5.41) is 3.03. The fraction of sp³-hybridized carbons (Fsp3) is 0.471. The molecule has 0 saturated carbocycles. The number of nitrogens with one attached hydrogen (secondary N) is 1. The summed E-state index contributed by atoms with van der Waals surface area (Å²) < 4.78 is 10.9. The molecule has 0 aromatic heterocycles. The minimum Gasteiger partial charge on any atom is -0.381 e. The van der Waals surface area contributed by atoms with Crippen LogP contribution in [-0.2, 0) is 25.6 Å². The standard InChI is InChI=1S/C34H42N4O5/c1-5-38(28-10-13-42-14-11-28)31-18-27(26-8-6-25(7-9-26)20-37-12-15-43-21-32(37)39)17-29(24(31)4)33(40)35-19-30-22(2)16-23(3)36-34(30)41/h6-9,16-18,28,30H,5,10-15,19-21H2,1-4H3,(H,35,40). The van der Waals surface area contributed by atoms with Gasteiger partial charge in [-0.3, -0.25) is 14.4 Å². The minimum atomic E-state index is -0.462. The van der Waals surface area contributed by atoms with Crippen LogP contribution < -0.4 is 10.2 Å². The first-order valence-corrected chi connectivity index (χ1v) is 15.2. The zero-order chi connectivity index (χ0) is 30.5. The van der Waals surface area contributed by atoms with Gasteiger partial charge in [0.15, 0.2) is 0 Å². The number of ether oxygens (including phenoxy) is 2. The van der Waals surface area contributed by atoms with Gasteiger partial charge in [-0.1, -0.05) is 29.8 Å². The summed E-state index contributed by atoms with van der Waals surface area (Å²) in [6, 6.07) is 12.6. The Kier molecular flexibility index (Phi) is 9.72. The Morgan fingerprint density at radius 2 is 1.77 bits per heavy atom. The average Bonchev–Trinajstić information content (AvgIpc) is 3.00. The molecule has 0 aliphatic carbocycles. The van der Waals surface area contributed by atoms with Gasteiger partial charge in [0.2, 0.25) is 5.91 Å². The number of benzene rings is 2. The second kappa shape index (κ2) is 13.7. The number of dihydropyridines is 1. The van der Waals surface area contributed by atoms with Crippen molar-refractivity contribution in [2.45, 2.75) is 53.1 Å². The lowest BCUT2D eigenvalue weighted by atomic mass is 9.94. The van der Waals surface area contributed by atoms with E-state index in [1.807, 2.05) is 43.0 Å². The third-order valence-corrected chi connectivity index (χ3v) is 8.69. The van der Waals surface area contributed by atoms with Gasteiger partial charge in [0.05, 0.1) is 12.5 Å². The number of morpholine rings is 1. The summed E-state index contributed by atoms with van der Waals surface area (Å²) in [6.45, 7) is 12.1. The summed E-state index contributed by atoms with van der Waals surface area (Å²) in [6.07, 6.45) is 3.76. The van der Waals surface area contributed by atoms with E-state index >= 15 is 0 Å². The van der Waals surface area contributed by atoms with Crippen LogP contribution in [0.3, 0.4) is 0 Å². The Morgan fingerprint density at radius 1 is 1.02 bits per heavy atom. The van der Waals surface area contributed by atoms with Crippen molar-refractivity contribution in [2.75, 3.05) is 51.0 Å². The molecule has 2 saturated heterocycles. The molecule has 2 aromatic rings. The van der Waals surface area contributed by atoms with Crippen LogP contribution in [0.15, 0.2) is 53.0 Å². The first-order chi connectivity index (χ1) is 20.7. The van der Waals surface area contributed by atoms with Crippen molar-refractivity contribution in [3.8, 4) is 11.1 Å². The maximum Gasteiger partial charge on any atom is 0.254 e. The van der Waals surface area contributed by atoms with Crippen LogP contribution in [0.1, 0.15) is 55.1 Å². The molecule has 1 atom stereocenters. The zero-order valence-corrected chi connectivity index (χ0v) is 25.7. The summed E-state index contributed by atoms with van der Waals surface area (Å²) in [5.41, 5.74) is 7.09. The molecule has 43 heavy (non-hydrogen) atoms. The molecule has 1 unspecified atom stereocenters. The summed E-state index contributed by atoms with van der Waals surface area (Å²) in [5.74, 6) is -0.891. The number of hydrogen-bond acceptors (Lipinski definition) is 6. The molecule has 3 aliphatic rings. The molecule has 1 N–H and O–H groups in total. The molecule has 2 aromatic carbocycles. The van der Waals surface area contributed by atoms with Crippen LogP contribution in [0.2, 0.25) is 0 Å². The van der Waals surface area contributed by atoms with Crippen molar-refractivity contribution in [1.29, 1.82) is 0 Å². The Balaban J connectivity index is 1.44. The van der Waals surface area contributed by atoms with Crippen molar-refractivity contribution < 1.29 is 23.9 Å². The lowest BCUT2D eigenvalue weighted by molar-refractivity contribution is -0.143. The van der Waals surface area contributed by atoms with E-state index in [1.165, 1.54) is 0 Å². The van der Waals surface area contributed by atoms with Crippen LogP contribution in [0, 0.1) is 12.8 Å². The van der Waals surface area contributed by atoms with E-state index in [4.69, 9.17) is 9.47 Å². The molecule has 9 heteroatoms. The van der Waals surface area contributed by atoms with Crippen LogP contribution >= 0.6 is 0 Å². The van der Waals surface area contributed by atoms with Gasteiger partial charge < -0.3 is 24.6 Å². The van der Waals surface area contributed by atoms with Crippen LogP contribution in [0.4, 0.5) is 5.69 Å². The Labute approximate surface area is 253 Å². The smallest absolute Gasteiger partial charge is 0.254 e. The summed E-state index contributed by atoms with van der Waals surface area (Å²) in [7, 11) is 0. The van der Waals surface area contributed by atoms with E-state index in [0.29, 0.717) is 37.0 Å². The van der Waals surface area contributed by atoms with Gasteiger partial charge in [0.25, 0.3) is 11.8 Å². The number of anilines is 1. The van der Waals surface area contributed by atoms with Gasteiger partial charge in [-0.05, 0) is 81.0 Å². The largest absolute Gasteiger partial charge is 0.381 e. The van der Waals surface area contributed by atoms with Gasteiger partial charge in [0.1, 0.15) is 6.61 Å². The molecule has 0 spiro atoms. The maximum absolute atomic E-state index is 13.8. The molecule has 0 bridgehead atoms. The van der Waals surface area contributed by atoms with E-state index in [0.717, 1.165) is 66.1 Å². The fourth-order valence-electron chi connectivity index (χ4n) is 6.21. The number of carbonyl (C=O) groups is 3. The first-order valence-electron chi connectivity index (χ1n) is 15.2. The normalized spacial score (nSPS) is 19.6. The monoisotopic (exact) mass is 586 g/mol. The number of allylic oxidation sites excluding steroid dienone is 1. The van der Waals surface area contributed by atoms with Crippen molar-refractivity contribution in [2.24, 2.45) is 10.9 Å². The van der Waals surface area contributed by atoms with Gasteiger partial charge in [-0.2, -0.15) is 0 Å². The number of hydrogen-bond donors (Lipinski definition) is 1. The molecule has 2 fully saturated rings. The maximum atomic E-state index is 13.8. The summed E-state index contributed by atoms with van der Waals surface area (Å²) >= 11 is 0. The quantitative estimate of drug-likeness (QED) is 0.470. The predicted molar refractivity (Wildman–Crippen MR) is 167 cm³/mol. The highest BCUT2D eigenvalue weighted by Gasteiger charge is 2.27. The number of nitrogens with zero attached hydrogens (tertiary/aromatic N) is 3. The van der Waals surface area contributed by atoms with Crippen molar-refractivity contribution in [1.82, 2.24) is 10.2 Å². The van der Waals surface area contributed by atoms with E-state index in [9.17, 15) is 14.4 Å². The Bertz CT molecular complexity index is 1430. The Morgan fingerprint density at radius 3 is 2.44 bits per heavy atom. The molecule has 5 rings (SSSR count). The third kappa shape index (κ3) is 7.05. The highest BCUT2D eigenvalue weighted by molar-refractivity contribution is 6.06. The van der Waals surface area contributed by atoms with Crippen LogP contribution in [0.25, 0.3) is 11.1 Å². The average molecular weight is 587 g/mol. The topological polar surface area (TPSA) is 101 Å². The Hall–Kier alpha value is -3.82. The van der Waals surface area contributed by atoms with Gasteiger partial charge >= 0.3 is 0 Å². The highest BCUT2D eigenvalue weighted by Crippen LogP contribution is 2.34. The van der Waals surface area contributed by atoms with Crippen LogP contribution in [0.5, 0.6) is 0 Å². The third-order valence-electron chi connectivity index (χ3n) is 8.69. The molecule has 9 nitrogen and oxygen atoms in total. The predicted octanol–water partition coefficient (Wildman–Crippen LogP) is 4.32. The number of rotatable bonds is 9. The lowest BCUT2D eigenvalue weighted by Gasteiger charge is -2.37. The van der Waals surface area contributed by atoms with Gasteiger partial charge in [0, 0.05) is 62.4 Å². The molecular weight excluding hydrogens is 544 g/mol. The number of carbonyl (C=O) groups excluding carboxylic acids is 3. The molecule has 228 valence electrons. The first kappa shape index (κ1) is 30.6. The zero-order valence-electron chi connectivity index (χ0n) is 25.7. The van der Waals surface area contributed by atoms with E-state index < -0.39 is 5.92 Å². The molecule has 3 amide bonds. The second-order valence-corrected chi connectivity index (χ2v) is 11.6. The fourth-order valence-corrected chi connectivity index (χ4v) is 6.21. The van der Waals surface area contributed by atoms with Crippen molar-refractivity contribution in [3.63, 3.8) is 0 Å². The number of aliphatic imine (C=N–C) groups is 1. The summed E-state index contributed by atoms with van der Waals surface area (Å²) in [4.78, 5) is 46.8. The molecule has 3 aliphatic heterocycles. The van der Waals surface area contributed by atoms with Gasteiger partial charge in [-0.25, -0.2) is 4.99 Å². The van der Waals surface area contributed by atoms with E-state index in [2.05, 4.69) is 40.3 Å². The molecular formula is C34H42N4O5. The van der Waals surface area contributed by atoms with E-state index in [-0.39, 0.29) is 30.9 Å². The van der Waals surface area contributed by atoms with Crippen molar-refractivity contribution >= 4 is 29.1 Å². The second-order valence-electron chi connectivity index (χ2n) is 11.6. The van der Waals surface area contributed by atoms with E-state index in [1.54, 1.807) is 6.92 Å². The molecule has 0 radical (unpaired) electrons. The van der Waals surface area contributed by atoms with Gasteiger partial charge in [-0.15, -0.1) is 0 Å². The van der Waals surface area contributed by atoms with Crippen molar-refractivity contribution in [3.05, 3.63) is 64.7 Å².